The summed E-state index contributed by atoms with van der Waals surface area (Å²) in [6.07, 6.45) is 2.32. The van der Waals surface area contributed by atoms with Crippen molar-refractivity contribution in [1.29, 1.82) is 0 Å². The molecule has 4 heteroatoms. The molecule has 4 nitrogen and oxygen atoms in total. The van der Waals surface area contributed by atoms with E-state index in [1.165, 1.54) is 0 Å². The molecular weight excluding hydrogens is 192 g/mol. The molecular formula is C11H10N2O2. The van der Waals surface area contributed by atoms with Gasteiger partial charge in [0.2, 0.25) is 6.41 Å². The van der Waals surface area contributed by atoms with E-state index in [2.05, 4.69) is 16.9 Å². The fraction of sp³-hybridized carbons (Fsp3) is 0. The molecule has 2 rings (SSSR count). The van der Waals surface area contributed by atoms with E-state index >= 15 is 0 Å². The predicted octanol–water partition coefficient (Wildman–Crippen LogP) is 1.59. The van der Waals surface area contributed by atoms with Crippen molar-refractivity contribution in [1.82, 2.24) is 10.3 Å². The lowest BCUT2D eigenvalue weighted by Gasteiger charge is -2.01. The number of phenols is 1. The number of aromatic amines is 1. The van der Waals surface area contributed by atoms with Crippen LogP contribution in [0.1, 0.15) is 5.56 Å². The summed E-state index contributed by atoms with van der Waals surface area (Å²) in [4.78, 5) is 13.3. The number of amides is 1. The van der Waals surface area contributed by atoms with Crippen LogP contribution in [0.2, 0.25) is 0 Å². The van der Waals surface area contributed by atoms with Crippen LogP contribution in [0.25, 0.3) is 16.6 Å². The van der Waals surface area contributed by atoms with E-state index in [9.17, 15) is 9.90 Å². The van der Waals surface area contributed by atoms with Crippen molar-refractivity contribution in [2.75, 3.05) is 0 Å². The average Bonchev–Trinajstić information content (AvgIpc) is 2.60. The molecule has 0 bridgehead atoms. The summed E-state index contributed by atoms with van der Waals surface area (Å²) in [5.74, 6) is 0.199. The Balaban J connectivity index is 2.53. The lowest BCUT2D eigenvalue weighted by molar-refractivity contribution is -0.108. The molecule has 0 unspecified atom stereocenters. The molecule has 0 saturated heterocycles. The molecule has 0 aliphatic heterocycles. The highest BCUT2D eigenvalue weighted by Gasteiger charge is 2.06. The SMILES string of the molecule is C=C(NC=O)c1c[nH]c2cc(O)ccc12. The highest BCUT2D eigenvalue weighted by molar-refractivity contribution is 5.93. The summed E-state index contributed by atoms with van der Waals surface area (Å²) >= 11 is 0. The molecule has 0 radical (unpaired) electrons. The number of carbonyl (C=O) groups excluding carboxylic acids is 1. The van der Waals surface area contributed by atoms with Crippen LogP contribution in [0, 0.1) is 0 Å². The number of aromatic nitrogens is 1. The van der Waals surface area contributed by atoms with Crippen molar-refractivity contribution in [3.63, 3.8) is 0 Å². The topological polar surface area (TPSA) is 65.1 Å². The second kappa shape index (κ2) is 3.49. The molecule has 0 saturated carbocycles. The van der Waals surface area contributed by atoms with Crippen LogP contribution >= 0.6 is 0 Å². The van der Waals surface area contributed by atoms with E-state index in [1.54, 1.807) is 24.4 Å². The van der Waals surface area contributed by atoms with Gasteiger partial charge in [-0.3, -0.25) is 4.79 Å². The third kappa shape index (κ3) is 1.57. The van der Waals surface area contributed by atoms with Gasteiger partial charge in [0.15, 0.2) is 0 Å². The summed E-state index contributed by atoms with van der Waals surface area (Å²) in [6.45, 7) is 3.73. The molecule has 0 aliphatic rings. The Morgan fingerprint density at radius 1 is 1.53 bits per heavy atom. The van der Waals surface area contributed by atoms with Gasteiger partial charge in [0.25, 0.3) is 0 Å². The molecule has 1 amide bonds. The van der Waals surface area contributed by atoms with Gasteiger partial charge >= 0.3 is 0 Å². The number of carbonyl (C=O) groups is 1. The highest BCUT2D eigenvalue weighted by Crippen LogP contribution is 2.25. The summed E-state index contributed by atoms with van der Waals surface area (Å²) in [5.41, 5.74) is 2.15. The first kappa shape index (κ1) is 9.33. The summed E-state index contributed by atoms with van der Waals surface area (Å²) in [5, 5.41) is 12.7. The summed E-state index contributed by atoms with van der Waals surface area (Å²) < 4.78 is 0. The number of H-pyrrole nitrogens is 1. The monoisotopic (exact) mass is 202 g/mol. The first-order valence-corrected chi connectivity index (χ1v) is 4.42. The molecule has 0 spiro atoms. The number of hydrogen-bond acceptors (Lipinski definition) is 2. The maximum absolute atomic E-state index is 10.3. The van der Waals surface area contributed by atoms with Crippen LogP contribution in [-0.4, -0.2) is 16.5 Å². The van der Waals surface area contributed by atoms with Gasteiger partial charge in [-0.25, -0.2) is 0 Å². The number of aromatic hydroxyl groups is 1. The van der Waals surface area contributed by atoms with Gasteiger partial charge in [-0.1, -0.05) is 6.58 Å². The van der Waals surface area contributed by atoms with Crippen LogP contribution in [0.15, 0.2) is 31.0 Å². The number of phenolic OH excluding ortho intramolecular Hbond substituents is 1. The first-order valence-electron chi connectivity index (χ1n) is 4.42. The van der Waals surface area contributed by atoms with E-state index in [0.717, 1.165) is 16.5 Å². The molecule has 3 N–H and O–H groups in total. The Morgan fingerprint density at radius 3 is 3.07 bits per heavy atom. The average molecular weight is 202 g/mol. The Kier molecular flexibility index (Phi) is 2.17. The minimum absolute atomic E-state index is 0.199. The standard InChI is InChI=1S/C11H10N2O2/c1-7(13-6-14)10-5-12-11-4-8(15)2-3-9(10)11/h2-6,12,15H,1H2,(H,13,14). The van der Waals surface area contributed by atoms with Crippen molar-refractivity contribution in [2.45, 2.75) is 0 Å². The second-order valence-corrected chi connectivity index (χ2v) is 3.17. The van der Waals surface area contributed by atoms with Gasteiger partial charge in [-0.15, -0.1) is 0 Å². The van der Waals surface area contributed by atoms with Crippen LogP contribution in [0.4, 0.5) is 0 Å². The first-order chi connectivity index (χ1) is 7.22. The lowest BCUT2D eigenvalue weighted by atomic mass is 10.1. The largest absolute Gasteiger partial charge is 0.508 e. The van der Waals surface area contributed by atoms with Crippen molar-refractivity contribution in [3.05, 3.63) is 36.5 Å². The van der Waals surface area contributed by atoms with Crippen LogP contribution in [-0.2, 0) is 4.79 Å². The van der Waals surface area contributed by atoms with Crippen molar-refractivity contribution < 1.29 is 9.90 Å². The van der Waals surface area contributed by atoms with Crippen LogP contribution < -0.4 is 5.32 Å². The third-order valence-electron chi connectivity index (χ3n) is 2.22. The zero-order valence-corrected chi connectivity index (χ0v) is 7.95. The minimum Gasteiger partial charge on any atom is -0.508 e. The van der Waals surface area contributed by atoms with Crippen molar-refractivity contribution in [3.8, 4) is 5.75 Å². The molecule has 1 aromatic heterocycles. The number of benzene rings is 1. The zero-order valence-electron chi connectivity index (χ0n) is 7.95. The lowest BCUT2D eigenvalue weighted by Crippen LogP contribution is -2.06. The Bertz CT molecular complexity index is 528. The zero-order chi connectivity index (χ0) is 10.8. The molecule has 0 atom stereocenters. The number of hydrogen-bond donors (Lipinski definition) is 3. The maximum atomic E-state index is 10.3. The minimum atomic E-state index is 0.199. The molecule has 76 valence electrons. The van der Waals surface area contributed by atoms with Crippen molar-refractivity contribution >= 4 is 23.0 Å². The van der Waals surface area contributed by atoms with Gasteiger partial charge in [-0.2, -0.15) is 0 Å². The van der Waals surface area contributed by atoms with Gasteiger partial charge in [-0.05, 0) is 12.1 Å². The van der Waals surface area contributed by atoms with E-state index in [-0.39, 0.29) is 5.75 Å². The number of rotatable bonds is 3. The molecule has 0 aliphatic carbocycles. The molecule has 1 aromatic carbocycles. The Morgan fingerprint density at radius 2 is 2.33 bits per heavy atom. The summed E-state index contributed by atoms with van der Waals surface area (Å²) in [7, 11) is 0. The Labute approximate surface area is 86.2 Å². The van der Waals surface area contributed by atoms with Gasteiger partial charge in [0, 0.05) is 34.4 Å². The fourth-order valence-corrected chi connectivity index (χ4v) is 1.51. The van der Waals surface area contributed by atoms with Crippen LogP contribution in [0.5, 0.6) is 5.75 Å². The highest BCUT2D eigenvalue weighted by atomic mass is 16.3. The number of fused-ring (bicyclic) bond motifs is 1. The predicted molar refractivity (Wildman–Crippen MR) is 58.2 cm³/mol. The molecule has 2 aromatic rings. The maximum Gasteiger partial charge on any atom is 0.211 e. The van der Waals surface area contributed by atoms with Gasteiger partial charge < -0.3 is 15.4 Å². The fourth-order valence-electron chi connectivity index (χ4n) is 1.51. The van der Waals surface area contributed by atoms with Crippen molar-refractivity contribution in [2.24, 2.45) is 0 Å². The van der Waals surface area contributed by atoms with E-state index in [0.29, 0.717) is 12.1 Å². The second-order valence-electron chi connectivity index (χ2n) is 3.17. The van der Waals surface area contributed by atoms with Gasteiger partial charge in [0.1, 0.15) is 5.75 Å². The quantitative estimate of drug-likeness (QED) is 0.662. The van der Waals surface area contributed by atoms with Crippen LogP contribution in [0.3, 0.4) is 0 Å². The summed E-state index contributed by atoms with van der Waals surface area (Å²) in [6, 6.07) is 4.98. The third-order valence-corrected chi connectivity index (χ3v) is 2.22. The van der Waals surface area contributed by atoms with E-state index < -0.39 is 0 Å². The van der Waals surface area contributed by atoms with E-state index in [4.69, 9.17) is 0 Å². The normalized spacial score (nSPS) is 10.1. The van der Waals surface area contributed by atoms with E-state index in [1.807, 2.05) is 0 Å². The Hall–Kier alpha value is -2.23. The smallest absolute Gasteiger partial charge is 0.211 e. The molecule has 1 heterocycles. The number of nitrogens with one attached hydrogen (secondary N) is 2. The van der Waals surface area contributed by atoms with Gasteiger partial charge in [0.05, 0.1) is 0 Å². The molecule has 15 heavy (non-hydrogen) atoms. The molecule has 0 fully saturated rings.